The van der Waals surface area contributed by atoms with Crippen LogP contribution in [0.4, 0.5) is 0 Å². The zero-order valence-corrected chi connectivity index (χ0v) is 13.9. The van der Waals surface area contributed by atoms with Gasteiger partial charge in [0.2, 0.25) is 5.91 Å². The van der Waals surface area contributed by atoms with Crippen LogP contribution in [-0.4, -0.2) is 102 Å². The number of guanidine groups is 1. The number of hydrogen-bond donors (Lipinski definition) is 2. The third-order valence-electron chi connectivity index (χ3n) is 3.29. The molecule has 2 N–H and O–H groups in total. The Hall–Kier alpha value is -1.38. The normalized spacial score (nSPS) is 16.4. The quantitative estimate of drug-likeness (QED) is 0.325. The Morgan fingerprint density at radius 1 is 1.27 bits per heavy atom. The Kier molecular flexibility index (Phi) is 9.52. The van der Waals surface area contributed by atoms with Crippen molar-refractivity contribution in [3.8, 4) is 0 Å². The van der Waals surface area contributed by atoms with Gasteiger partial charge in [0.05, 0.1) is 19.8 Å². The zero-order chi connectivity index (χ0) is 16.2. The molecule has 0 atom stereocenters. The van der Waals surface area contributed by atoms with E-state index in [2.05, 4.69) is 20.5 Å². The number of carbonyl (C=O) groups excluding carboxylic acids is 1. The molecule has 0 saturated carbocycles. The second-order valence-corrected chi connectivity index (χ2v) is 5.25. The maximum atomic E-state index is 11.6. The fraction of sp³-hybridized carbons (Fsp3) is 0.857. The first-order chi connectivity index (χ1) is 10.6. The van der Waals surface area contributed by atoms with Crippen LogP contribution in [0.25, 0.3) is 0 Å². The van der Waals surface area contributed by atoms with Gasteiger partial charge in [0.15, 0.2) is 5.96 Å². The maximum Gasteiger partial charge on any atom is 0.243 e. The molecule has 0 spiro atoms. The highest BCUT2D eigenvalue weighted by Gasteiger charge is 2.10. The molecule has 1 amide bonds. The molecule has 22 heavy (non-hydrogen) atoms. The summed E-state index contributed by atoms with van der Waals surface area (Å²) >= 11 is 0. The largest absolute Gasteiger partial charge is 0.383 e. The third kappa shape index (κ3) is 8.16. The summed E-state index contributed by atoms with van der Waals surface area (Å²) in [5.74, 6) is 0.613. The number of nitrogens with one attached hydrogen (secondary N) is 2. The van der Waals surface area contributed by atoms with E-state index in [1.807, 2.05) is 0 Å². The molecule has 1 fully saturated rings. The van der Waals surface area contributed by atoms with Gasteiger partial charge in [-0.05, 0) is 0 Å². The lowest BCUT2D eigenvalue weighted by atomic mass is 10.4. The minimum Gasteiger partial charge on any atom is -0.383 e. The summed E-state index contributed by atoms with van der Waals surface area (Å²) in [6, 6.07) is 0. The zero-order valence-electron chi connectivity index (χ0n) is 13.9. The Morgan fingerprint density at radius 3 is 2.59 bits per heavy atom. The predicted molar refractivity (Wildman–Crippen MR) is 86.1 cm³/mol. The summed E-state index contributed by atoms with van der Waals surface area (Å²) in [4.78, 5) is 19.8. The highest BCUT2D eigenvalue weighted by molar-refractivity contribution is 5.84. The van der Waals surface area contributed by atoms with Gasteiger partial charge in [-0.2, -0.15) is 0 Å². The van der Waals surface area contributed by atoms with E-state index in [1.165, 1.54) is 4.90 Å². The number of morpholine rings is 1. The van der Waals surface area contributed by atoms with Crippen molar-refractivity contribution in [3.05, 3.63) is 0 Å². The van der Waals surface area contributed by atoms with Crippen molar-refractivity contribution in [2.45, 2.75) is 0 Å². The van der Waals surface area contributed by atoms with E-state index < -0.39 is 0 Å². The van der Waals surface area contributed by atoms with E-state index in [4.69, 9.17) is 9.47 Å². The Morgan fingerprint density at radius 2 is 1.95 bits per heavy atom. The summed E-state index contributed by atoms with van der Waals surface area (Å²) < 4.78 is 10.3. The fourth-order valence-electron chi connectivity index (χ4n) is 1.89. The van der Waals surface area contributed by atoms with E-state index in [0.29, 0.717) is 19.1 Å². The van der Waals surface area contributed by atoms with Gasteiger partial charge in [-0.3, -0.25) is 9.69 Å². The van der Waals surface area contributed by atoms with Crippen molar-refractivity contribution in [2.75, 3.05) is 80.3 Å². The van der Waals surface area contributed by atoms with Gasteiger partial charge in [0, 0.05) is 53.9 Å². The highest BCUT2D eigenvalue weighted by Crippen LogP contribution is 1.94. The van der Waals surface area contributed by atoms with E-state index in [1.54, 1.807) is 21.2 Å². The van der Waals surface area contributed by atoms with Crippen LogP contribution in [0.2, 0.25) is 0 Å². The lowest BCUT2D eigenvalue weighted by Crippen LogP contribution is -2.45. The standard InChI is InChI=1S/C14H29N5O3/c1-18(2)13(20)12-17-14(16-5-9-21-3)15-4-6-19-7-10-22-11-8-19/h4-12H2,1-3H3,(H2,15,16,17). The van der Waals surface area contributed by atoms with Crippen LogP contribution in [0.1, 0.15) is 0 Å². The lowest BCUT2D eigenvalue weighted by Gasteiger charge is -2.26. The van der Waals surface area contributed by atoms with Crippen molar-refractivity contribution >= 4 is 11.9 Å². The van der Waals surface area contributed by atoms with Crippen LogP contribution in [0.15, 0.2) is 4.99 Å². The van der Waals surface area contributed by atoms with Crippen LogP contribution in [0.5, 0.6) is 0 Å². The monoisotopic (exact) mass is 315 g/mol. The number of methoxy groups -OCH3 is 1. The molecule has 0 aliphatic carbocycles. The molecule has 0 aromatic carbocycles. The maximum absolute atomic E-state index is 11.6. The van der Waals surface area contributed by atoms with Gasteiger partial charge in [-0.25, -0.2) is 4.99 Å². The highest BCUT2D eigenvalue weighted by atomic mass is 16.5. The van der Waals surface area contributed by atoms with Gasteiger partial charge < -0.3 is 25.0 Å². The fourth-order valence-corrected chi connectivity index (χ4v) is 1.89. The van der Waals surface area contributed by atoms with Crippen molar-refractivity contribution in [3.63, 3.8) is 0 Å². The molecule has 8 heteroatoms. The first-order valence-electron chi connectivity index (χ1n) is 7.65. The van der Waals surface area contributed by atoms with E-state index in [-0.39, 0.29) is 12.5 Å². The molecular formula is C14H29N5O3. The average Bonchev–Trinajstić information content (AvgIpc) is 2.52. The Labute approximate surface area is 132 Å². The van der Waals surface area contributed by atoms with Crippen molar-refractivity contribution in [1.29, 1.82) is 0 Å². The molecule has 0 bridgehead atoms. The molecule has 0 radical (unpaired) electrons. The first-order valence-corrected chi connectivity index (χ1v) is 7.65. The molecule has 1 heterocycles. The average molecular weight is 315 g/mol. The van der Waals surface area contributed by atoms with Gasteiger partial charge in [-0.15, -0.1) is 0 Å². The number of aliphatic imine (C=N–C) groups is 1. The van der Waals surface area contributed by atoms with Crippen molar-refractivity contribution < 1.29 is 14.3 Å². The summed E-state index contributed by atoms with van der Waals surface area (Å²) in [6.45, 7) is 6.59. The number of likely N-dealkylation sites (N-methyl/N-ethyl adjacent to an activating group) is 1. The van der Waals surface area contributed by atoms with Crippen LogP contribution in [0, 0.1) is 0 Å². The predicted octanol–water partition coefficient (Wildman–Crippen LogP) is -1.41. The topological polar surface area (TPSA) is 78.4 Å². The van der Waals surface area contributed by atoms with Gasteiger partial charge >= 0.3 is 0 Å². The van der Waals surface area contributed by atoms with Crippen LogP contribution in [0.3, 0.4) is 0 Å². The SMILES string of the molecule is COCCNC(=NCC(=O)N(C)C)NCCN1CCOCC1. The van der Waals surface area contributed by atoms with E-state index in [9.17, 15) is 4.79 Å². The number of hydrogen-bond acceptors (Lipinski definition) is 5. The van der Waals surface area contributed by atoms with Gasteiger partial charge in [-0.1, -0.05) is 0 Å². The molecule has 1 aliphatic heterocycles. The number of carbonyl (C=O) groups is 1. The van der Waals surface area contributed by atoms with E-state index >= 15 is 0 Å². The number of ether oxygens (including phenoxy) is 2. The van der Waals surface area contributed by atoms with Crippen LogP contribution >= 0.6 is 0 Å². The van der Waals surface area contributed by atoms with Crippen molar-refractivity contribution in [1.82, 2.24) is 20.4 Å². The lowest BCUT2D eigenvalue weighted by molar-refractivity contribution is -0.127. The number of rotatable bonds is 8. The smallest absolute Gasteiger partial charge is 0.243 e. The molecule has 128 valence electrons. The summed E-state index contributed by atoms with van der Waals surface area (Å²) in [5.41, 5.74) is 0. The Balaban J connectivity index is 2.35. The van der Waals surface area contributed by atoms with Crippen molar-refractivity contribution in [2.24, 2.45) is 4.99 Å². The second kappa shape index (κ2) is 11.2. The number of nitrogens with zero attached hydrogens (tertiary/aromatic N) is 3. The minimum atomic E-state index is -0.0268. The first kappa shape index (κ1) is 18.7. The van der Waals surface area contributed by atoms with Gasteiger partial charge in [0.25, 0.3) is 0 Å². The Bertz CT molecular complexity index is 343. The summed E-state index contributed by atoms with van der Waals surface area (Å²) in [5, 5.41) is 6.40. The summed E-state index contributed by atoms with van der Waals surface area (Å²) in [6.07, 6.45) is 0. The van der Waals surface area contributed by atoms with Crippen LogP contribution < -0.4 is 10.6 Å². The molecular weight excluding hydrogens is 286 g/mol. The molecule has 0 unspecified atom stereocenters. The van der Waals surface area contributed by atoms with Gasteiger partial charge in [0.1, 0.15) is 6.54 Å². The molecule has 1 rings (SSSR count). The minimum absolute atomic E-state index is 0.0268. The number of amides is 1. The third-order valence-corrected chi connectivity index (χ3v) is 3.29. The molecule has 0 aromatic heterocycles. The van der Waals surface area contributed by atoms with E-state index in [0.717, 1.165) is 39.4 Å². The molecule has 1 saturated heterocycles. The second-order valence-electron chi connectivity index (χ2n) is 5.25. The molecule has 0 aromatic rings. The molecule has 8 nitrogen and oxygen atoms in total. The molecule has 1 aliphatic rings. The van der Waals surface area contributed by atoms with Crippen LogP contribution in [-0.2, 0) is 14.3 Å². The summed E-state index contributed by atoms with van der Waals surface area (Å²) in [7, 11) is 5.10.